The SMILES string of the molecule is COc1cccc(C(C(=O)NC2CCCC2)N(C(=O)Cc2cccs2)c2ccccc2)c1OC. The van der Waals surface area contributed by atoms with E-state index in [1.165, 1.54) is 11.3 Å². The van der Waals surface area contributed by atoms with Crippen LogP contribution in [0.5, 0.6) is 11.5 Å². The molecule has 178 valence electrons. The predicted octanol–water partition coefficient (Wildman–Crippen LogP) is 5.14. The van der Waals surface area contributed by atoms with E-state index in [0.717, 1.165) is 30.6 Å². The van der Waals surface area contributed by atoms with Crippen LogP contribution in [0.2, 0.25) is 0 Å². The summed E-state index contributed by atoms with van der Waals surface area (Å²) in [7, 11) is 3.11. The van der Waals surface area contributed by atoms with Crippen LogP contribution in [0.3, 0.4) is 0 Å². The van der Waals surface area contributed by atoms with Gasteiger partial charge in [-0.2, -0.15) is 0 Å². The van der Waals surface area contributed by atoms with Crippen LogP contribution in [0.1, 0.15) is 42.2 Å². The van der Waals surface area contributed by atoms with Gasteiger partial charge in [0.15, 0.2) is 11.5 Å². The van der Waals surface area contributed by atoms with Crippen molar-refractivity contribution in [1.29, 1.82) is 0 Å². The standard InChI is InChI=1S/C27H30N2O4S/c1-32-23-16-8-15-22(26(23)33-2)25(27(31)28-19-10-6-7-11-19)29(20-12-4-3-5-13-20)24(30)18-21-14-9-17-34-21/h3-5,8-9,12-17,19,25H,6-7,10-11,18H2,1-2H3,(H,28,31). The van der Waals surface area contributed by atoms with Crippen molar-refractivity contribution in [1.82, 2.24) is 5.32 Å². The summed E-state index contributed by atoms with van der Waals surface area (Å²) in [4.78, 5) is 30.2. The lowest BCUT2D eigenvalue weighted by atomic mass is 10.00. The van der Waals surface area contributed by atoms with E-state index in [9.17, 15) is 9.59 Å². The number of para-hydroxylation sites is 2. The van der Waals surface area contributed by atoms with Crippen LogP contribution in [-0.2, 0) is 16.0 Å². The van der Waals surface area contributed by atoms with Crippen molar-refractivity contribution in [3.05, 3.63) is 76.5 Å². The molecule has 1 saturated carbocycles. The van der Waals surface area contributed by atoms with Gasteiger partial charge in [-0.1, -0.05) is 49.2 Å². The smallest absolute Gasteiger partial charge is 0.248 e. The summed E-state index contributed by atoms with van der Waals surface area (Å²) < 4.78 is 11.2. The Labute approximate surface area is 204 Å². The van der Waals surface area contributed by atoms with Crippen LogP contribution in [0.4, 0.5) is 5.69 Å². The van der Waals surface area contributed by atoms with Gasteiger partial charge in [-0.15, -0.1) is 11.3 Å². The zero-order valence-corrected chi connectivity index (χ0v) is 20.3. The normalized spacial score (nSPS) is 14.4. The fourth-order valence-corrected chi connectivity index (χ4v) is 5.24. The van der Waals surface area contributed by atoms with Gasteiger partial charge in [-0.25, -0.2) is 0 Å². The molecule has 7 heteroatoms. The van der Waals surface area contributed by atoms with Gasteiger partial charge in [0.05, 0.1) is 20.6 Å². The van der Waals surface area contributed by atoms with Crippen LogP contribution in [0.25, 0.3) is 0 Å². The molecule has 0 bridgehead atoms. The molecule has 6 nitrogen and oxygen atoms in total. The Bertz CT molecular complexity index is 1100. The first-order valence-corrected chi connectivity index (χ1v) is 12.4. The third-order valence-electron chi connectivity index (χ3n) is 6.14. The number of hydrogen-bond acceptors (Lipinski definition) is 5. The van der Waals surface area contributed by atoms with Gasteiger partial charge in [-0.3, -0.25) is 14.5 Å². The molecule has 1 aromatic heterocycles. The number of nitrogens with zero attached hydrogens (tertiary/aromatic N) is 1. The number of thiophene rings is 1. The molecule has 3 aromatic rings. The number of hydrogen-bond donors (Lipinski definition) is 1. The highest BCUT2D eigenvalue weighted by Crippen LogP contribution is 2.39. The number of carbonyl (C=O) groups excluding carboxylic acids is 2. The van der Waals surface area contributed by atoms with Gasteiger partial charge >= 0.3 is 0 Å². The molecule has 1 N–H and O–H groups in total. The van der Waals surface area contributed by atoms with E-state index < -0.39 is 6.04 Å². The molecule has 34 heavy (non-hydrogen) atoms. The zero-order chi connectivity index (χ0) is 23.9. The van der Waals surface area contributed by atoms with E-state index in [1.54, 1.807) is 25.2 Å². The minimum Gasteiger partial charge on any atom is -0.493 e. The van der Waals surface area contributed by atoms with Crippen molar-refractivity contribution in [2.24, 2.45) is 0 Å². The number of ether oxygens (including phenoxy) is 2. The van der Waals surface area contributed by atoms with Crippen LogP contribution in [-0.4, -0.2) is 32.1 Å². The molecule has 1 atom stereocenters. The highest BCUT2D eigenvalue weighted by molar-refractivity contribution is 7.10. The fourth-order valence-electron chi connectivity index (χ4n) is 4.55. The van der Waals surface area contributed by atoms with Crippen molar-refractivity contribution in [2.45, 2.75) is 44.2 Å². The van der Waals surface area contributed by atoms with Gasteiger partial charge in [0.1, 0.15) is 6.04 Å². The van der Waals surface area contributed by atoms with Gasteiger partial charge in [-0.05, 0) is 42.5 Å². The molecule has 1 heterocycles. The summed E-state index contributed by atoms with van der Waals surface area (Å²) in [6, 6.07) is 17.8. The molecular formula is C27H30N2O4S. The Kier molecular flexibility index (Phi) is 7.85. The third-order valence-corrected chi connectivity index (χ3v) is 7.02. The van der Waals surface area contributed by atoms with E-state index in [4.69, 9.17) is 9.47 Å². The summed E-state index contributed by atoms with van der Waals surface area (Å²) >= 11 is 1.53. The van der Waals surface area contributed by atoms with Crippen LogP contribution >= 0.6 is 11.3 Å². The maximum atomic E-state index is 13.9. The molecule has 0 saturated heterocycles. The van der Waals surface area contributed by atoms with Crippen LogP contribution < -0.4 is 19.7 Å². The summed E-state index contributed by atoms with van der Waals surface area (Å²) in [5.74, 6) is 0.575. The van der Waals surface area contributed by atoms with Crippen molar-refractivity contribution in [3.8, 4) is 11.5 Å². The molecule has 1 fully saturated rings. The molecule has 1 aliphatic rings. The van der Waals surface area contributed by atoms with E-state index in [0.29, 0.717) is 22.7 Å². The van der Waals surface area contributed by atoms with Gasteiger partial charge in [0.25, 0.3) is 0 Å². The first-order valence-electron chi connectivity index (χ1n) is 11.5. The lowest BCUT2D eigenvalue weighted by molar-refractivity contribution is -0.127. The van der Waals surface area contributed by atoms with E-state index in [1.807, 2.05) is 60.0 Å². The predicted molar refractivity (Wildman–Crippen MR) is 135 cm³/mol. The molecule has 1 unspecified atom stereocenters. The quantitative estimate of drug-likeness (QED) is 0.462. The van der Waals surface area contributed by atoms with E-state index in [2.05, 4.69) is 5.32 Å². The van der Waals surface area contributed by atoms with Gasteiger partial charge in [0, 0.05) is 22.2 Å². The first kappa shape index (κ1) is 23.8. The number of amides is 2. The lowest BCUT2D eigenvalue weighted by Crippen LogP contribution is -2.47. The van der Waals surface area contributed by atoms with Crippen molar-refractivity contribution < 1.29 is 19.1 Å². The molecule has 1 aliphatic carbocycles. The number of benzene rings is 2. The van der Waals surface area contributed by atoms with Gasteiger partial charge in [0.2, 0.25) is 11.8 Å². The van der Waals surface area contributed by atoms with E-state index in [-0.39, 0.29) is 24.3 Å². The first-order chi connectivity index (χ1) is 16.6. The average molecular weight is 479 g/mol. The monoisotopic (exact) mass is 478 g/mol. The Morgan fingerprint density at radius 1 is 1.00 bits per heavy atom. The van der Waals surface area contributed by atoms with Gasteiger partial charge < -0.3 is 14.8 Å². The summed E-state index contributed by atoms with van der Waals surface area (Å²) in [6.07, 6.45) is 4.28. The van der Waals surface area contributed by atoms with Crippen LogP contribution in [0.15, 0.2) is 66.0 Å². The maximum absolute atomic E-state index is 13.9. The highest BCUT2D eigenvalue weighted by atomic mass is 32.1. The Morgan fingerprint density at radius 3 is 2.41 bits per heavy atom. The Balaban J connectivity index is 1.82. The number of anilines is 1. The minimum absolute atomic E-state index is 0.108. The molecule has 0 radical (unpaired) electrons. The second-order valence-electron chi connectivity index (χ2n) is 8.33. The second kappa shape index (κ2) is 11.2. The topological polar surface area (TPSA) is 67.9 Å². The number of carbonyl (C=O) groups is 2. The van der Waals surface area contributed by atoms with Crippen molar-refractivity contribution >= 4 is 28.8 Å². The van der Waals surface area contributed by atoms with Crippen LogP contribution in [0, 0.1) is 0 Å². The van der Waals surface area contributed by atoms with Crippen molar-refractivity contribution in [2.75, 3.05) is 19.1 Å². The molecule has 0 aliphatic heterocycles. The average Bonchev–Trinajstić information content (AvgIpc) is 3.56. The highest BCUT2D eigenvalue weighted by Gasteiger charge is 2.36. The Hall–Kier alpha value is -3.32. The largest absolute Gasteiger partial charge is 0.493 e. The summed E-state index contributed by atoms with van der Waals surface area (Å²) in [5, 5.41) is 5.15. The molecule has 2 aromatic carbocycles. The lowest BCUT2D eigenvalue weighted by Gasteiger charge is -2.33. The second-order valence-corrected chi connectivity index (χ2v) is 9.36. The molecular weight excluding hydrogens is 448 g/mol. The number of nitrogens with one attached hydrogen (secondary N) is 1. The zero-order valence-electron chi connectivity index (χ0n) is 19.5. The number of rotatable bonds is 9. The molecule has 0 spiro atoms. The maximum Gasteiger partial charge on any atom is 0.248 e. The van der Waals surface area contributed by atoms with E-state index >= 15 is 0 Å². The molecule has 4 rings (SSSR count). The number of methoxy groups -OCH3 is 2. The minimum atomic E-state index is -0.916. The summed E-state index contributed by atoms with van der Waals surface area (Å²) in [6.45, 7) is 0. The Morgan fingerprint density at radius 2 is 1.76 bits per heavy atom. The summed E-state index contributed by atoms with van der Waals surface area (Å²) in [5.41, 5.74) is 1.24. The molecule has 2 amide bonds. The van der Waals surface area contributed by atoms with Crippen molar-refractivity contribution in [3.63, 3.8) is 0 Å². The fraction of sp³-hybridized carbons (Fsp3) is 0.333. The third kappa shape index (κ3) is 5.25.